The molecule has 0 atom stereocenters. The minimum atomic E-state index is -0.278. The Kier molecular flexibility index (Phi) is 21.8. The van der Waals surface area contributed by atoms with Crippen LogP contribution in [0, 0.1) is 0 Å². The Morgan fingerprint density at radius 2 is 0.923 bits per heavy atom. The number of ether oxygens (including phenoxy) is 4. The standard InChI is InChI=1S/C21H42O5/c1-3-4-5-6-7-8-9-10-11-12-13-14-23-15-16-24-17-18-25-19-20-26-21(2)22/h3-20H2,1-2H3. The molecule has 5 nitrogen and oxygen atoms in total. The predicted molar refractivity (Wildman–Crippen MR) is 106 cm³/mol. The summed E-state index contributed by atoms with van der Waals surface area (Å²) in [7, 11) is 0. The molecule has 0 radical (unpaired) electrons. The molecule has 156 valence electrons. The third-order valence-electron chi connectivity index (χ3n) is 4.17. The molecule has 0 aromatic heterocycles. The number of carbonyl (C=O) groups excluding carboxylic acids is 1. The second kappa shape index (κ2) is 22.4. The molecule has 0 saturated heterocycles. The second-order valence-electron chi connectivity index (χ2n) is 6.71. The van der Waals surface area contributed by atoms with Gasteiger partial charge < -0.3 is 18.9 Å². The fourth-order valence-electron chi connectivity index (χ4n) is 2.65. The van der Waals surface area contributed by atoms with Crippen LogP contribution in [0.25, 0.3) is 0 Å². The summed E-state index contributed by atoms with van der Waals surface area (Å²) in [6.45, 7) is 7.51. The van der Waals surface area contributed by atoms with Gasteiger partial charge in [-0.3, -0.25) is 4.79 Å². The van der Waals surface area contributed by atoms with Crippen LogP contribution in [0.2, 0.25) is 0 Å². The van der Waals surface area contributed by atoms with Crippen molar-refractivity contribution < 1.29 is 23.7 Å². The van der Waals surface area contributed by atoms with Crippen molar-refractivity contribution >= 4 is 5.97 Å². The zero-order chi connectivity index (χ0) is 19.1. The summed E-state index contributed by atoms with van der Waals surface area (Å²) >= 11 is 0. The average molecular weight is 375 g/mol. The fraction of sp³-hybridized carbons (Fsp3) is 0.952. The van der Waals surface area contributed by atoms with Crippen LogP contribution >= 0.6 is 0 Å². The third-order valence-corrected chi connectivity index (χ3v) is 4.17. The van der Waals surface area contributed by atoms with E-state index in [4.69, 9.17) is 18.9 Å². The third kappa shape index (κ3) is 23.4. The van der Waals surface area contributed by atoms with Gasteiger partial charge in [0.05, 0.1) is 33.0 Å². The minimum Gasteiger partial charge on any atom is -0.463 e. The van der Waals surface area contributed by atoms with Crippen LogP contribution in [0.3, 0.4) is 0 Å². The van der Waals surface area contributed by atoms with Crippen LogP contribution in [-0.2, 0) is 23.7 Å². The summed E-state index contributed by atoms with van der Waals surface area (Å²) in [5, 5.41) is 0. The first kappa shape index (κ1) is 25.4. The first-order valence-electron chi connectivity index (χ1n) is 10.6. The zero-order valence-electron chi connectivity index (χ0n) is 17.3. The van der Waals surface area contributed by atoms with Crippen molar-refractivity contribution in [3.05, 3.63) is 0 Å². The summed E-state index contributed by atoms with van der Waals surface area (Å²) in [4.78, 5) is 10.5. The van der Waals surface area contributed by atoms with Crippen molar-refractivity contribution in [3.63, 3.8) is 0 Å². The van der Waals surface area contributed by atoms with E-state index in [1.165, 1.54) is 71.1 Å². The molecule has 0 N–H and O–H groups in total. The van der Waals surface area contributed by atoms with E-state index in [-0.39, 0.29) is 5.97 Å². The molecule has 5 heteroatoms. The molecule has 0 amide bonds. The van der Waals surface area contributed by atoms with Crippen molar-refractivity contribution in [2.45, 2.75) is 84.5 Å². The van der Waals surface area contributed by atoms with Gasteiger partial charge in [-0.15, -0.1) is 0 Å². The van der Waals surface area contributed by atoms with Crippen molar-refractivity contribution in [2.24, 2.45) is 0 Å². The van der Waals surface area contributed by atoms with Gasteiger partial charge in [-0.2, -0.15) is 0 Å². The van der Waals surface area contributed by atoms with Crippen LogP contribution in [0.15, 0.2) is 0 Å². The Hall–Kier alpha value is -0.650. The van der Waals surface area contributed by atoms with Crippen LogP contribution in [0.1, 0.15) is 84.5 Å². The maximum Gasteiger partial charge on any atom is 0.302 e. The molecule has 0 aliphatic carbocycles. The van der Waals surface area contributed by atoms with Gasteiger partial charge >= 0.3 is 5.97 Å². The molecule has 0 spiro atoms. The Labute approximate surface area is 161 Å². The highest BCUT2D eigenvalue weighted by molar-refractivity contribution is 5.65. The van der Waals surface area contributed by atoms with Crippen molar-refractivity contribution in [3.8, 4) is 0 Å². The zero-order valence-corrected chi connectivity index (χ0v) is 17.3. The number of hydrogen-bond donors (Lipinski definition) is 0. The summed E-state index contributed by atoms with van der Waals surface area (Å²) < 4.78 is 21.0. The summed E-state index contributed by atoms with van der Waals surface area (Å²) in [6, 6.07) is 0. The van der Waals surface area contributed by atoms with E-state index in [1.54, 1.807) is 0 Å². The molecule has 0 rings (SSSR count). The predicted octanol–water partition coefficient (Wildman–Crippen LogP) is 4.91. The van der Waals surface area contributed by atoms with E-state index in [0.717, 1.165) is 13.0 Å². The molecular weight excluding hydrogens is 332 g/mol. The van der Waals surface area contributed by atoms with Crippen molar-refractivity contribution in [2.75, 3.05) is 46.2 Å². The Balaban J connectivity index is 2.98. The quantitative estimate of drug-likeness (QED) is 0.211. The summed E-state index contributed by atoms with van der Waals surface area (Å²) in [6.07, 6.45) is 14.9. The lowest BCUT2D eigenvalue weighted by Crippen LogP contribution is -2.13. The van der Waals surface area contributed by atoms with Gasteiger partial charge in [0.15, 0.2) is 0 Å². The van der Waals surface area contributed by atoms with Crippen molar-refractivity contribution in [1.29, 1.82) is 0 Å². The summed E-state index contributed by atoms with van der Waals surface area (Å²) in [5.41, 5.74) is 0. The molecule has 0 aromatic carbocycles. The van der Waals surface area contributed by atoms with E-state index in [0.29, 0.717) is 39.6 Å². The van der Waals surface area contributed by atoms with Gasteiger partial charge in [-0.1, -0.05) is 71.1 Å². The summed E-state index contributed by atoms with van der Waals surface area (Å²) in [5.74, 6) is -0.278. The topological polar surface area (TPSA) is 54.0 Å². The van der Waals surface area contributed by atoms with Gasteiger partial charge in [0.1, 0.15) is 6.61 Å². The van der Waals surface area contributed by atoms with Gasteiger partial charge in [0.25, 0.3) is 0 Å². The highest BCUT2D eigenvalue weighted by atomic mass is 16.6. The Bertz CT molecular complexity index is 284. The number of esters is 1. The van der Waals surface area contributed by atoms with Crippen molar-refractivity contribution in [1.82, 2.24) is 0 Å². The molecule has 0 aliphatic heterocycles. The monoisotopic (exact) mass is 374 g/mol. The van der Waals surface area contributed by atoms with Crippen LogP contribution in [0.4, 0.5) is 0 Å². The maximum absolute atomic E-state index is 10.5. The number of rotatable bonds is 21. The Morgan fingerprint density at radius 3 is 1.38 bits per heavy atom. The number of carbonyl (C=O) groups is 1. The highest BCUT2D eigenvalue weighted by Gasteiger charge is 1.95. The van der Waals surface area contributed by atoms with Gasteiger partial charge in [-0.25, -0.2) is 0 Å². The lowest BCUT2D eigenvalue weighted by molar-refractivity contribution is -0.142. The second-order valence-corrected chi connectivity index (χ2v) is 6.71. The van der Waals surface area contributed by atoms with E-state index in [1.807, 2.05) is 0 Å². The lowest BCUT2D eigenvalue weighted by Gasteiger charge is -2.07. The molecule has 0 aliphatic rings. The van der Waals surface area contributed by atoms with Gasteiger partial charge in [0.2, 0.25) is 0 Å². The smallest absolute Gasteiger partial charge is 0.302 e. The molecule has 0 heterocycles. The first-order chi connectivity index (χ1) is 12.8. The molecule has 0 bridgehead atoms. The van der Waals surface area contributed by atoms with E-state index >= 15 is 0 Å². The van der Waals surface area contributed by atoms with Gasteiger partial charge in [0, 0.05) is 13.5 Å². The normalized spacial score (nSPS) is 11.0. The molecule has 26 heavy (non-hydrogen) atoms. The SMILES string of the molecule is CCCCCCCCCCCCCOCCOCCOCCOC(C)=O. The highest BCUT2D eigenvalue weighted by Crippen LogP contribution is 2.11. The largest absolute Gasteiger partial charge is 0.463 e. The minimum absolute atomic E-state index is 0.278. The van der Waals surface area contributed by atoms with Gasteiger partial charge in [-0.05, 0) is 6.42 Å². The number of hydrogen-bond acceptors (Lipinski definition) is 5. The molecule has 0 fully saturated rings. The van der Waals surface area contributed by atoms with E-state index in [2.05, 4.69) is 6.92 Å². The maximum atomic E-state index is 10.5. The fourth-order valence-corrected chi connectivity index (χ4v) is 2.65. The molecular formula is C21H42O5. The Morgan fingerprint density at radius 1 is 0.538 bits per heavy atom. The van der Waals surface area contributed by atoms with E-state index < -0.39 is 0 Å². The lowest BCUT2D eigenvalue weighted by atomic mass is 10.1. The van der Waals surface area contributed by atoms with Crippen LogP contribution in [0.5, 0.6) is 0 Å². The number of unbranched alkanes of at least 4 members (excludes halogenated alkanes) is 10. The first-order valence-corrected chi connectivity index (χ1v) is 10.6. The molecule has 0 aromatic rings. The molecule has 0 unspecified atom stereocenters. The van der Waals surface area contributed by atoms with Crippen LogP contribution in [-0.4, -0.2) is 52.2 Å². The molecule has 0 saturated carbocycles. The average Bonchev–Trinajstić information content (AvgIpc) is 2.62. The van der Waals surface area contributed by atoms with Crippen LogP contribution < -0.4 is 0 Å². The van der Waals surface area contributed by atoms with E-state index in [9.17, 15) is 4.79 Å².